The zero-order valence-electron chi connectivity index (χ0n) is 21.1. The fourth-order valence-corrected chi connectivity index (χ4v) is 2.77. The second-order valence-corrected chi connectivity index (χ2v) is 8.29. The molecule has 0 fully saturated rings. The molecule has 204 valence electrons. The van der Waals surface area contributed by atoms with Crippen molar-refractivity contribution in [1.82, 2.24) is 0 Å². The number of rotatable bonds is 10. The molecule has 0 bridgehead atoms. The molecule has 0 aliphatic carbocycles. The highest BCUT2D eigenvalue weighted by Crippen LogP contribution is 2.25. The predicted molar refractivity (Wildman–Crippen MR) is 143 cm³/mol. The number of esters is 2. The maximum absolute atomic E-state index is 11.4. The second-order valence-electron chi connectivity index (χ2n) is 7.21. The van der Waals surface area contributed by atoms with Gasteiger partial charge in [0.2, 0.25) is 0 Å². The number of ether oxygens (including phenoxy) is 3. The third-order valence-corrected chi connectivity index (χ3v) is 5.41. The van der Waals surface area contributed by atoms with E-state index in [9.17, 15) is 19.2 Å². The molecule has 0 aliphatic rings. The Balaban J connectivity index is 0.000000577. The molecule has 0 amide bonds. The lowest BCUT2D eigenvalue weighted by molar-refractivity contribution is -0.147. The molecule has 0 saturated carbocycles. The van der Waals surface area contributed by atoms with Crippen molar-refractivity contribution in [3.05, 3.63) is 57.6 Å². The average molecular weight is 578 g/mol. The molecule has 0 aliphatic heterocycles. The minimum absolute atomic E-state index is 0.126. The molecule has 11 heteroatoms. The Morgan fingerprint density at radius 1 is 0.784 bits per heavy atom. The summed E-state index contributed by atoms with van der Waals surface area (Å²) in [5.74, 6) is -1.00. The topological polar surface area (TPSA) is 116 Å². The minimum Gasteiger partial charge on any atom is -0.508 e. The highest BCUT2D eigenvalue weighted by molar-refractivity contribution is 6.31. The summed E-state index contributed by atoms with van der Waals surface area (Å²) in [5.41, 5.74) is 1.50. The van der Waals surface area contributed by atoms with Crippen molar-refractivity contribution in [3.63, 3.8) is 0 Å². The van der Waals surface area contributed by atoms with E-state index in [4.69, 9.17) is 44.6 Å². The Morgan fingerprint density at radius 3 is 1.73 bits per heavy atom. The molecule has 0 unspecified atom stereocenters. The number of Topliss-reactive ketones (excluding diaryl/α,β-unsaturated/α-hetero) is 2. The number of carbonyl (C=O) groups excluding carboxylic acids is 4. The van der Waals surface area contributed by atoms with Gasteiger partial charge in [0.25, 0.3) is 0 Å². The Kier molecular flexibility index (Phi) is 17.9. The Hall–Kier alpha value is -2.81. The van der Waals surface area contributed by atoms with E-state index in [0.29, 0.717) is 22.4 Å². The largest absolute Gasteiger partial charge is 0.508 e. The van der Waals surface area contributed by atoms with Gasteiger partial charge >= 0.3 is 11.9 Å². The van der Waals surface area contributed by atoms with Crippen molar-refractivity contribution < 1.29 is 38.5 Å². The smallest absolute Gasteiger partial charge is 0.313 e. The van der Waals surface area contributed by atoms with Crippen LogP contribution in [0, 0.1) is 13.8 Å². The van der Waals surface area contributed by atoms with Crippen LogP contribution in [0.3, 0.4) is 0 Å². The van der Waals surface area contributed by atoms with Gasteiger partial charge in [-0.15, -0.1) is 11.6 Å². The average Bonchev–Trinajstić information content (AvgIpc) is 2.84. The molecule has 2 aromatic rings. The summed E-state index contributed by atoms with van der Waals surface area (Å²) in [6.07, 6.45) is -0.481. The van der Waals surface area contributed by atoms with E-state index in [0.717, 1.165) is 11.1 Å². The highest BCUT2D eigenvalue weighted by Gasteiger charge is 2.12. The summed E-state index contributed by atoms with van der Waals surface area (Å²) in [6, 6.07) is 10.3. The first-order valence-corrected chi connectivity index (χ1v) is 12.5. The van der Waals surface area contributed by atoms with E-state index in [2.05, 4.69) is 9.47 Å². The number of halogens is 3. The number of alkyl halides is 1. The first kappa shape index (κ1) is 34.2. The molecule has 0 saturated heterocycles. The van der Waals surface area contributed by atoms with Crippen LogP contribution >= 0.6 is 34.8 Å². The summed E-state index contributed by atoms with van der Waals surface area (Å²) in [4.78, 5) is 43.5. The normalized spacial score (nSPS) is 9.59. The van der Waals surface area contributed by atoms with Crippen molar-refractivity contribution in [2.24, 2.45) is 0 Å². The van der Waals surface area contributed by atoms with E-state index >= 15 is 0 Å². The number of aromatic hydroxyl groups is 1. The van der Waals surface area contributed by atoms with E-state index < -0.39 is 11.9 Å². The lowest BCUT2D eigenvalue weighted by Gasteiger charge is -2.09. The van der Waals surface area contributed by atoms with Crippen LogP contribution in [-0.2, 0) is 28.7 Å². The predicted octanol–water partition coefficient (Wildman–Crippen LogP) is 5.65. The van der Waals surface area contributed by atoms with E-state index in [1.807, 2.05) is 0 Å². The van der Waals surface area contributed by atoms with Crippen molar-refractivity contribution in [3.8, 4) is 11.5 Å². The van der Waals surface area contributed by atoms with Gasteiger partial charge in [-0.25, -0.2) is 0 Å². The molecule has 0 atom stereocenters. The third-order valence-electron chi connectivity index (χ3n) is 4.29. The van der Waals surface area contributed by atoms with E-state index in [1.165, 1.54) is 0 Å². The summed E-state index contributed by atoms with van der Waals surface area (Å²) >= 11 is 16.7. The number of benzene rings is 2. The van der Waals surface area contributed by atoms with Crippen molar-refractivity contribution in [2.75, 3.05) is 25.7 Å². The molecule has 37 heavy (non-hydrogen) atoms. The minimum atomic E-state index is -0.533. The molecule has 2 rings (SSSR count). The van der Waals surface area contributed by atoms with Crippen LogP contribution in [-0.4, -0.2) is 54.3 Å². The summed E-state index contributed by atoms with van der Waals surface area (Å²) in [7, 11) is 0. The maximum Gasteiger partial charge on any atom is 0.313 e. The lowest BCUT2D eigenvalue weighted by atomic mass is 10.2. The number of hydrogen-bond donors (Lipinski definition) is 1. The van der Waals surface area contributed by atoms with Gasteiger partial charge in [0.05, 0.1) is 19.1 Å². The maximum atomic E-state index is 11.4. The fraction of sp³-hybridized carbons (Fsp3) is 0.385. The number of carbonyl (C=O) groups is 4. The number of phenolic OH excluding ortho intramolecular Hbond substituents is 1. The molecular weight excluding hydrogens is 547 g/mol. The molecule has 0 aromatic heterocycles. The van der Waals surface area contributed by atoms with Crippen LogP contribution in [0.4, 0.5) is 0 Å². The molecule has 8 nitrogen and oxygen atoms in total. The van der Waals surface area contributed by atoms with Crippen molar-refractivity contribution >= 4 is 58.3 Å². The molecule has 2 aromatic carbocycles. The molecule has 0 spiro atoms. The Bertz CT molecular complexity index is 1020. The van der Waals surface area contributed by atoms with Gasteiger partial charge in [0, 0.05) is 21.2 Å². The van der Waals surface area contributed by atoms with Crippen molar-refractivity contribution in [2.45, 2.75) is 40.5 Å². The molecule has 0 radical (unpaired) electrons. The standard InChI is InChI=1S/C13H15ClO4.C7H7ClO.C6H9ClO3/c1-3-17-13(16)7-10(15)8-18-12-6-4-5-11(14)9(12)2;1-5-6(8)3-2-4-7(5)9;1-2-10-6(9)3-5(8)4-7/h4-6H,3,7-8H2,1-2H3;2-4,9H,1H3;2-4H2,1H3. The Morgan fingerprint density at radius 2 is 1.27 bits per heavy atom. The lowest BCUT2D eigenvalue weighted by Crippen LogP contribution is -2.17. The number of ketones is 2. The fourth-order valence-electron chi connectivity index (χ4n) is 2.34. The van der Waals surface area contributed by atoms with Crippen LogP contribution in [0.15, 0.2) is 36.4 Å². The van der Waals surface area contributed by atoms with E-state index in [1.54, 1.807) is 64.1 Å². The van der Waals surface area contributed by atoms with Crippen molar-refractivity contribution in [1.29, 1.82) is 0 Å². The molecule has 1 N–H and O–H groups in total. The molecule has 0 heterocycles. The van der Waals surface area contributed by atoms with Crippen LogP contribution in [0.1, 0.15) is 37.8 Å². The van der Waals surface area contributed by atoms with Crippen LogP contribution in [0.25, 0.3) is 0 Å². The first-order chi connectivity index (χ1) is 17.5. The molecular formula is C26H31Cl3O8. The summed E-state index contributed by atoms with van der Waals surface area (Å²) < 4.78 is 14.5. The van der Waals surface area contributed by atoms with E-state index in [-0.39, 0.29) is 49.3 Å². The van der Waals surface area contributed by atoms with Crippen LogP contribution < -0.4 is 4.74 Å². The van der Waals surface area contributed by atoms with Crippen LogP contribution in [0.5, 0.6) is 11.5 Å². The van der Waals surface area contributed by atoms with Gasteiger partial charge in [-0.1, -0.05) is 35.3 Å². The van der Waals surface area contributed by atoms with Gasteiger partial charge in [0.1, 0.15) is 30.9 Å². The quantitative estimate of drug-likeness (QED) is 0.219. The highest BCUT2D eigenvalue weighted by atomic mass is 35.5. The third kappa shape index (κ3) is 15.1. The van der Waals surface area contributed by atoms with Gasteiger partial charge < -0.3 is 19.3 Å². The van der Waals surface area contributed by atoms with Crippen LogP contribution in [0.2, 0.25) is 10.0 Å². The Labute approximate surface area is 231 Å². The summed E-state index contributed by atoms with van der Waals surface area (Å²) in [6.45, 7) is 7.34. The zero-order valence-corrected chi connectivity index (χ0v) is 23.4. The number of hydrogen-bond acceptors (Lipinski definition) is 8. The van der Waals surface area contributed by atoms with Gasteiger partial charge in [-0.3, -0.25) is 19.2 Å². The van der Waals surface area contributed by atoms with Gasteiger partial charge in [-0.05, 0) is 52.0 Å². The zero-order chi connectivity index (χ0) is 28.4. The summed E-state index contributed by atoms with van der Waals surface area (Å²) in [5, 5.41) is 10.2. The van der Waals surface area contributed by atoms with Gasteiger partial charge in [-0.2, -0.15) is 0 Å². The SMILES string of the molecule is CCOC(=O)CC(=O)CCl.CCOC(=O)CC(=O)COc1cccc(Cl)c1C.Cc1c(O)cccc1Cl. The first-order valence-electron chi connectivity index (χ1n) is 11.2. The second kappa shape index (κ2) is 19.3. The van der Waals surface area contributed by atoms with Gasteiger partial charge in [0.15, 0.2) is 11.6 Å². The monoisotopic (exact) mass is 576 g/mol. The number of phenols is 1.